The van der Waals surface area contributed by atoms with Gasteiger partial charge in [0.15, 0.2) is 0 Å². The first-order valence-corrected chi connectivity index (χ1v) is 18.3. The van der Waals surface area contributed by atoms with Crippen LogP contribution in [0.2, 0.25) is 0 Å². The topological polar surface area (TPSA) is 24.9 Å². The van der Waals surface area contributed by atoms with Crippen molar-refractivity contribution in [3.8, 4) is 11.1 Å². The van der Waals surface area contributed by atoms with Crippen molar-refractivity contribution >= 4 is 22.8 Å². The summed E-state index contributed by atoms with van der Waals surface area (Å²) in [6, 6.07) is 11.2. The number of hydrogen-bond acceptors (Lipinski definition) is 3. The zero-order valence-corrected chi connectivity index (χ0v) is 32.0. The summed E-state index contributed by atoms with van der Waals surface area (Å²) in [5.41, 5.74) is 14.3. The number of thiocarbonyl (C=S) groups is 1. The highest BCUT2D eigenvalue weighted by atomic mass is 32.1. The van der Waals surface area contributed by atoms with E-state index in [1.54, 1.807) is 0 Å². The highest BCUT2D eigenvalue weighted by Crippen LogP contribution is 2.36. The lowest BCUT2D eigenvalue weighted by molar-refractivity contribution is 0.277. The molecule has 0 bridgehead atoms. The summed E-state index contributed by atoms with van der Waals surface area (Å²) < 4.78 is 0. The van der Waals surface area contributed by atoms with E-state index in [1.807, 2.05) is 20.2 Å². The minimum absolute atomic E-state index is 0.619. The number of allylic oxidation sites excluding steroid dienone is 6. The molecule has 2 aromatic rings. The van der Waals surface area contributed by atoms with Crippen LogP contribution in [0.3, 0.4) is 0 Å². The monoisotopic (exact) mass is 640 g/mol. The van der Waals surface area contributed by atoms with Crippen LogP contribution in [0.15, 0.2) is 77.0 Å². The Balaban J connectivity index is 0.000000330. The number of aromatic nitrogens is 1. The molecule has 1 N–H and O–H groups in total. The number of aryl methyl sites for hydroxylation is 2. The minimum Gasteiger partial charge on any atom is -0.387 e. The van der Waals surface area contributed by atoms with E-state index in [9.17, 15) is 0 Å². The van der Waals surface area contributed by atoms with E-state index in [1.165, 1.54) is 95.1 Å². The Morgan fingerprint density at radius 1 is 0.935 bits per heavy atom. The second-order valence-corrected chi connectivity index (χ2v) is 14.3. The highest BCUT2D eigenvalue weighted by molar-refractivity contribution is 7.80. The molecule has 2 aliphatic rings. The van der Waals surface area contributed by atoms with Gasteiger partial charge in [-0.05, 0) is 135 Å². The molecular formula is C43H64N2S. The standard InChI is InChI=1S/C25H34N2.C15H22S.C3H8/c1-5-21-12-13-23(24-14-15-27-25(17-24)19(3)26-4)16-22(21)11-10-20-8-6-18(2)7-9-20;1-9-7-8-10(2)15(11(9)3)13(5)12(4)14(6)16;1-3-2/h12-18,20,26H,3,5-11H2,1-2,4H3;7,10H,8H2,1-6H3;3H2,1-2H3/b;13-12+;. The van der Waals surface area contributed by atoms with Crippen molar-refractivity contribution in [2.45, 2.75) is 127 Å². The number of hydrogen-bond donors (Lipinski definition) is 1. The first kappa shape index (κ1) is 39.4. The average Bonchev–Trinajstić information content (AvgIpc) is 3.06. The predicted molar refractivity (Wildman–Crippen MR) is 209 cm³/mol. The molecule has 1 heterocycles. The van der Waals surface area contributed by atoms with Crippen LogP contribution in [0, 0.1) is 17.8 Å². The van der Waals surface area contributed by atoms with Crippen LogP contribution in [-0.4, -0.2) is 16.9 Å². The molecule has 2 nitrogen and oxygen atoms in total. The van der Waals surface area contributed by atoms with Gasteiger partial charge < -0.3 is 5.32 Å². The molecule has 1 unspecified atom stereocenters. The van der Waals surface area contributed by atoms with E-state index in [4.69, 9.17) is 12.2 Å². The van der Waals surface area contributed by atoms with Gasteiger partial charge in [-0.3, -0.25) is 4.98 Å². The number of pyridine rings is 1. The van der Waals surface area contributed by atoms with Crippen molar-refractivity contribution in [1.29, 1.82) is 0 Å². The first-order chi connectivity index (χ1) is 21.9. The second-order valence-electron chi connectivity index (χ2n) is 13.7. The number of rotatable bonds is 9. The maximum atomic E-state index is 5.28. The van der Waals surface area contributed by atoms with Crippen LogP contribution in [0.4, 0.5) is 0 Å². The largest absolute Gasteiger partial charge is 0.387 e. The molecule has 2 aliphatic carbocycles. The molecule has 3 heteroatoms. The van der Waals surface area contributed by atoms with E-state index in [-0.39, 0.29) is 0 Å². The zero-order chi connectivity index (χ0) is 34.4. The lowest BCUT2D eigenvalue weighted by atomic mass is 9.80. The fourth-order valence-corrected chi connectivity index (χ4v) is 6.74. The molecule has 0 saturated heterocycles. The van der Waals surface area contributed by atoms with Crippen LogP contribution in [0.25, 0.3) is 16.8 Å². The molecule has 1 saturated carbocycles. The van der Waals surface area contributed by atoms with Crippen LogP contribution in [0.1, 0.15) is 131 Å². The Bertz CT molecular complexity index is 1400. The van der Waals surface area contributed by atoms with Crippen LogP contribution in [-0.2, 0) is 12.8 Å². The maximum absolute atomic E-state index is 5.28. The molecule has 252 valence electrons. The maximum Gasteiger partial charge on any atom is 0.0860 e. The Morgan fingerprint density at radius 3 is 2.15 bits per heavy atom. The van der Waals surface area contributed by atoms with E-state index in [2.05, 4.69) is 116 Å². The van der Waals surface area contributed by atoms with Gasteiger partial charge in [-0.2, -0.15) is 0 Å². The smallest absolute Gasteiger partial charge is 0.0860 e. The van der Waals surface area contributed by atoms with Crippen molar-refractivity contribution in [1.82, 2.24) is 10.3 Å². The molecule has 0 spiro atoms. The van der Waals surface area contributed by atoms with Gasteiger partial charge >= 0.3 is 0 Å². The van der Waals surface area contributed by atoms with Gasteiger partial charge in [0, 0.05) is 18.1 Å². The summed E-state index contributed by atoms with van der Waals surface area (Å²) in [6.45, 7) is 26.0. The fourth-order valence-electron chi connectivity index (χ4n) is 6.59. The Kier molecular flexibility index (Phi) is 16.9. The summed E-state index contributed by atoms with van der Waals surface area (Å²) in [6.07, 6.45) is 15.9. The van der Waals surface area contributed by atoms with Gasteiger partial charge in [0.25, 0.3) is 0 Å². The van der Waals surface area contributed by atoms with Crippen molar-refractivity contribution < 1.29 is 0 Å². The highest BCUT2D eigenvalue weighted by Gasteiger charge is 2.20. The van der Waals surface area contributed by atoms with Crippen molar-refractivity contribution in [3.05, 3.63) is 93.9 Å². The first-order valence-electron chi connectivity index (χ1n) is 17.9. The summed E-state index contributed by atoms with van der Waals surface area (Å²) in [4.78, 5) is 5.44. The van der Waals surface area contributed by atoms with Crippen LogP contribution in [0.5, 0.6) is 0 Å². The third-order valence-electron chi connectivity index (χ3n) is 10.0. The predicted octanol–water partition coefficient (Wildman–Crippen LogP) is 12.7. The van der Waals surface area contributed by atoms with E-state index in [0.717, 1.165) is 40.9 Å². The summed E-state index contributed by atoms with van der Waals surface area (Å²) in [5.74, 6) is 2.47. The molecule has 1 aromatic carbocycles. The van der Waals surface area contributed by atoms with Gasteiger partial charge in [-0.1, -0.05) is 115 Å². The van der Waals surface area contributed by atoms with E-state index in [0.29, 0.717) is 5.92 Å². The molecule has 4 rings (SSSR count). The lowest BCUT2D eigenvalue weighted by Crippen LogP contribution is -2.13. The van der Waals surface area contributed by atoms with Gasteiger partial charge in [0.2, 0.25) is 0 Å². The Labute approximate surface area is 289 Å². The normalized spacial score (nSPS) is 19.9. The van der Waals surface area contributed by atoms with E-state index >= 15 is 0 Å². The van der Waals surface area contributed by atoms with Gasteiger partial charge in [-0.25, -0.2) is 0 Å². The summed E-state index contributed by atoms with van der Waals surface area (Å²) >= 11 is 5.28. The number of nitrogens with zero attached hydrogens (tertiary/aromatic N) is 1. The fraction of sp³-hybridized carbons (Fsp3) is 0.535. The van der Waals surface area contributed by atoms with Crippen molar-refractivity contribution in [2.75, 3.05) is 7.05 Å². The average molecular weight is 641 g/mol. The zero-order valence-electron chi connectivity index (χ0n) is 31.2. The molecule has 1 aromatic heterocycles. The molecular weight excluding hydrogens is 577 g/mol. The minimum atomic E-state index is 0.619. The quantitative estimate of drug-likeness (QED) is 0.218. The third kappa shape index (κ3) is 11.5. The number of nitrogens with one attached hydrogen (secondary N) is 1. The van der Waals surface area contributed by atoms with Crippen LogP contribution < -0.4 is 5.32 Å². The SMILES string of the molecule is C=C(NC)c1cc(-c2ccc(CC)c(CCC3CCC(C)CC3)c2)ccn1.CC(=S)/C(C)=C(\C)C1=C(C)C(C)=CCC1C.CCC. The Morgan fingerprint density at radius 2 is 1.57 bits per heavy atom. The van der Waals surface area contributed by atoms with Crippen LogP contribution >= 0.6 is 12.2 Å². The van der Waals surface area contributed by atoms with Gasteiger partial charge in [-0.15, -0.1) is 0 Å². The third-order valence-corrected chi connectivity index (χ3v) is 10.3. The molecule has 0 aliphatic heterocycles. The van der Waals surface area contributed by atoms with Crippen molar-refractivity contribution in [3.63, 3.8) is 0 Å². The molecule has 0 radical (unpaired) electrons. The summed E-state index contributed by atoms with van der Waals surface area (Å²) in [7, 11) is 1.89. The van der Waals surface area contributed by atoms with Crippen molar-refractivity contribution in [2.24, 2.45) is 17.8 Å². The van der Waals surface area contributed by atoms with Gasteiger partial charge in [0.05, 0.1) is 11.4 Å². The summed E-state index contributed by atoms with van der Waals surface area (Å²) in [5, 5.41) is 3.09. The number of benzene rings is 1. The second kappa shape index (κ2) is 19.8. The molecule has 0 amide bonds. The molecule has 1 atom stereocenters. The molecule has 1 fully saturated rings. The Hall–Kier alpha value is -2.78. The van der Waals surface area contributed by atoms with E-state index < -0.39 is 0 Å². The van der Waals surface area contributed by atoms with Gasteiger partial charge in [0.1, 0.15) is 0 Å². The lowest BCUT2D eigenvalue weighted by Gasteiger charge is -2.26. The molecule has 46 heavy (non-hydrogen) atoms.